The molecule has 1 aliphatic heterocycles. The van der Waals surface area contributed by atoms with Crippen molar-refractivity contribution in [3.8, 4) is 0 Å². The molecule has 1 aromatic carbocycles. The van der Waals surface area contributed by atoms with Crippen LogP contribution in [0.1, 0.15) is 38.7 Å². The zero-order valence-corrected chi connectivity index (χ0v) is 14.2. The average Bonchev–Trinajstić information content (AvgIpc) is 3.14. The largest absolute Gasteiger partial charge is 0.511 e. The third-order valence-corrected chi connectivity index (χ3v) is 6.16. The predicted molar refractivity (Wildman–Crippen MR) is 89.6 cm³/mol. The van der Waals surface area contributed by atoms with Crippen LogP contribution in [0.2, 0.25) is 0 Å². The van der Waals surface area contributed by atoms with Gasteiger partial charge in [0.15, 0.2) is 0 Å². The third kappa shape index (κ3) is 2.27. The molecule has 2 bridgehead atoms. The van der Waals surface area contributed by atoms with Crippen LogP contribution in [0.25, 0.3) is 0 Å². The molecule has 0 saturated heterocycles. The lowest BCUT2D eigenvalue weighted by atomic mass is 9.76. The lowest BCUT2D eigenvalue weighted by molar-refractivity contribution is -0.135. The minimum Gasteiger partial charge on any atom is -0.511 e. The minimum absolute atomic E-state index is 0.00768. The van der Waals surface area contributed by atoms with Crippen molar-refractivity contribution < 1.29 is 14.3 Å². The van der Waals surface area contributed by atoms with Crippen LogP contribution in [0.3, 0.4) is 0 Å². The molecule has 1 aromatic rings. The fourth-order valence-corrected chi connectivity index (χ4v) is 5.18. The van der Waals surface area contributed by atoms with E-state index in [1.807, 2.05) is 18.7 Å². The molecule has 128 valence electrons. The van der Waals surface area contributed by atoms with Crippen LogP contribution in [0, 0.1) is 29.5 Å². The molecule has 1 heterocycles. The molecule has 3 aliphatic rings. The fourth-order valence-electron chi connectivity index (χ4n) is 5.18. The summed E-state index contributed by atoms with van der Waals surface area (Å²) in [7, 11) is 0. The number of hydrogen-bond donors (Lipinski definition) is 1. The van der Waals surface area contributed by atoms with Crippen molar-refractivity contribution in [2.75, 3.05) is 0 Å². The predicted octanol–water partition coefficient (Wildman–Crippen LogP) is 4.05. The molecule has 24 heavy (non-hydrogen) atoms. The highest BCUT2D eigenvalue weighted by Gasteiger charge is 2.56. The highest BCUT2D eigenvalue weighted by Crippen LogP contribution is 2.55. The van der Waals surface area contributed by atoms with Crippen molar-refractivity contribution in [3.05, 3.63) is 47.0 Å². The molecule has 2 fully saturated rings. The van der Waals surface area contributed by atoms with Gasteiger partial charge >= 0.3 is 0 Å². The summed E-state index contributed by atoms with van der Waals surface area (Å²) < 4.78 is 13.2. The molecule has 2 saturated carbocycles. The van der Waals surface area contributed by atoms with Crippen LogP contribution < -0.4 is 0 Å². The molecule has 0 spiro atoms. The number of hydrogen-bond acceptors (Lipinski definition) is 2. The second-order valence-electron chi connectivity index (χ2n) is 7.86. The Morgan fingerprint density at radius 1 is 1.21 bits per heavy atom. The molecule has 4 rings (SSSR count). The number of amides is 1. The molecule has 2 aliphatic carbocycles. The Hall–Kier alpha value is -1.84. The number of fused-ring (bicyclic) bond motifs is 5. The normalized spacial score (nSPS) is 32.0. The van der Waals surface area contributed by atoms with E-state index in [4.69, 9.17) is 0 Å². The molecular formula is C20H24FNO2. The first-order chi connectivity index (χ1) is 11.5. The Morgan fingerprint density at radius 2 is 1.88 bits per heavy atom. The summed E-state index contributed by atoms with van der Waals surface area (Å²) in [5.41, 5.74) is 1.52. The molecule has 4 atom stereocenters. The van der Waals surface area contributed by atoms with E-state index in [0.717, 1.165) is 24.8 Å². The van der Waals surface area contributed by atoms with Gasteiger partial charge in [0.2, 0.25) is 0 Å². The first-order valence-corrected chi connectivity index (χ1v) is 8.95. The van der Waals surface area contributed by atoms with Crippen LogP contribution in [0.5, 0.6) is 0 Å². The molecule has 1 amide bonds. The van der Waals surface area contributed by atoms with Gasteiger partial charge in [0, 0.05) is 18.5 Å². The molecular weight excluding hydrogens is 305 g/mol. The van der Waals surface area contributed by atoms with Gasteiger partial charge < -0.3 is 10.0 Å². The number of aliphatic hydroxyl groups is 1. The summed E-state index contributed by atoms with van der Waals surface area (Å²) in [6.45, 7) is 4.42. The number of rotatable bonds is 3. The number of halogens is 1. The Balaban J connectivity index is 1.72. The minimum atomic E-state index is -0.262. The first kappa shape index (κ1) is 15.7. The standard InChI is InChI=1S/C20H24FNO2/c1-11(2)16-19(23)17-13-5-6-14(9-13)18(17)22(20(16)24)10-12-3-7-15(21)8-4-12/h3-4,7-8,11,13-14,17-18,23H,5-6,9-10H2,1-2H3. The first-order valence-electron chi connectivity index (χ1n) is 8.95. The Kier molecular flexibility index (Phi) is 3.66. The molecule has 3 nitrogen and oxygen atoms in total. The molecule has 0 radical (unpaired) electrons. The van der Waals surface area contributed by atoms with E-state index in [1.165, 1.54) is 12.1 Å². The summed E-state index contributed by atoms with van der Waals surface area (Å²) >= 11 is 0. The number of nitrogens with zero attached hydrogens (tertiary/aromatic N) is 1. The van der Waals surface area contributed by atoms with Crippen molar-refractivity contribution in [1.29, 1.82) is 0 Å². The summed E-state index contributed by atoms with van der Waals surface area (Å²) in [4.78, 5) is 15.1. The smallest absolute Gasteiger partial charge is 0.254 e. The van der Waals surface area contributed by atoms with Crippen molar-refractivity contribution in [2.24, 2.45) is 23.7 Å². The lowest BCUT2D eigenvalue weighted by Crippen LogP contribution is -2.52. The number of carbonyl (C=O) groups excluding carboxylic acids is 1. The van der Waals surface area contributed by atoms with E-state index in [-0.39, 0.29) is 29.6 Å². The van der Waals surface area contributed by atoms with Gasteiger partial charge in [0.25, 0.3) is 5.91 Å². The van der Waals surface area contributed by atoms with E-state index in [2.05, 4.69) is 0 Å². The van der Waals surface area contributed by atoms with Gasteiger partial charge in [-0.05, 0) is 54.7 Å². The van der Waals surface area contributed by atoms with Crippen LogP contribution in [-0.2, 0) is 11.3 Å². The van der Waals surface area contributed by atoms with Crippen molar-refractivity contribution in [2.45, 2.75) is 45.7 Å². The van der Waals surface area contributed by atoms with Gasteiger partial charge in [-0.2, -0.15) is 0 Å². The van der Waals surface area contributed by atoms with E-state index in [9.17, 15) is 14.3 Å². The summed E-state index contributed by atoms with van der Waals surface area (Å²) in [6, 6.07) is 6.48. The van der Waals surface area contributed by atoms with Gasteiger partial charge in [0.1, 0.15) is 11.6 Å². The fraction of sp³-hybridized carbons (Fsp3) is 0.550. The zero-order chi connectivity index (χ0) is 17.0. The third-order valence-electron chi connectivity index (χ3n) is 6.16. The second-order valence-corrected chi connectivity index (χ2v) is 7.86. The average molecular weight is 329 g/mol. The van der Waals surface area contributed by atoms with Crippen LogP contribution in [-0.4, -0.2) is 22.0 Å². The van der Waals surface area contributed by atoms with Crippen LogP contribution in [0.4, 0.5) is 4.39 Å². The molecule has 1 N–H and O–H groups in total. The van der Waals surface area contributed by atoms with E-state index >= 15 is 0 Å². The maximum Gasteiger partial charge on any atom is 0.254 e. The van der Waals surface area contributed by atoms with Gasteiger partial charge in [0.05, 0.1) is 5.57 Å². The van der Waals surface area contributed by atoms with Gasteiger partial charge in [-0.1, -0.05) is 26.0 Å². The molecule has 4 heteroatoms. The molecule has 0 aromatic heterocycles. The van der Waals surface area contributed by atoms with E-state index < -0.39 is 0 Å². The molecule has 4 unspecified atom stereocenters. The van der Waals surface area contributed by atoms with Crippen molar-refractivity contribution >= 4 is 5.91 Å². The van der Waals surface area contributed by atoms with Gasteiger partial charge in [-0.15, -0.1) is 0 Å². The van der Waals surface area contributed by atoms with E-state index in [0.29, 0.717) is 29.7 Å². The highest BCUT2D eigenvalue weighted by molar-refractivity contribution is 5.95. The quantitative estimate of drug-likeness (QED) is 0.909. The van der Waals surface area contributed by atoms with Gasteiger partial charge in [-0.3, -0.25) is 4.79 Å². The van der Waals surface area contributed by atoms with Crippen molar-refractivity contribution in [1.82, 2.24) is 4.90 Å². The number of carbonyl (C=O) groups is 1. The summed E-state index contributed by atoms with van der Waals surface area (Å²) in [5, 5.41) is 10.8. The Morgan fingerprint density at radius 3 is 2.54 bits per heavy atom. The van der Waals surface area contributed by atoms with Crippen molar-refractivity contribution in [3.63, 3.8) is 0 Å². The number of benzene rings is 1. The summed E-state index contributed by atoms with van der Waals surface area (Å²) in [5.74, 6) is 1.13. The summed E-state index contributed by atoms with van der Waals surface area (Å²) in [6.07, 6.45) is 3.40. The lowest BCUT2D eigenvalue weighted by Gasteiger charge is -2.44. The monoisotopic (exact) mass is 329 g/mol. The number of aliphatic hydroxyl groups excluding tert-OH is 1. The topological polar surface area (TPSA) is 40.5 Å². The SMILES string of the molecule is CC(C)C1=C(O)C2C3CCC(C3)C2N(Cc2ccc(F)cc2)C1=O. The van der Waals surface area contributed by atoms with E-state index in [1.54, 1.807) is 12.1 Å². The van der Waals surface area contributed by atoms with Crippen LogP contribution >= 0.6 is 0 Å². The Bertz CT molecular complexity index is 694. The maximum absolute atomic E-state index is 13.2. The van der Waals surface area contributed by atoms with Gasteiger partial charge in [-0.25, -0.2) is 4.39 Å². The Labute approximate surface area is 142 Å². The highest BCUT2D eigenvalue weighted by atomic mass is 19.1. The maximum atomic E-state index is 13.2. The van der Waals surface area contributed by atoms with Crippen LogP contribution in [0.15, 0.2) is 35.6 Å². The second kappa shape index (κ2) is 5.61. The zero-order valence-electron chi connectivity index (χ0n) is 14.2.